The van der Waals surface area contributed by atoms with Crippen molar-refractivity contribution in [2.24, 2.45) is 0 Å². The zero-order valence-corrected chi connectivity index (χ0v) is 13.1. The molecule has 0 heterocycles. The van der Waals surface area contributed by atoms with E-state index in [4.69, 9.17) is 9.47 Å². The first-order valence-corrected chi connectivity index (χ1v) is 8.52. The number of hydrogen-bond acceptors (Lipinski definition) is 3. The molecule has 0 amide bonds. The van der Waals surface area contributed by atoms with Crippen LogP contribution in [-0.4, -0.2) is 25.3 Å². The van der Waals surface area contributed by atoms with Gasteiger partial charge in [0.15, 0.2) is 11.5 Å². The summed E-state index contributed by atoms with van der Waals surface area (Å²) in [6.07, 6.45) is 9.18. The summed E-state index contributed by atoms with van der Waals surface area (Å²) in [4.78, 5) is 0. The molecular formula is C18H27NO2. The van der Waals surface area contributed by atoms with Gasteiger partial charge in [-0.2, -0.15) is 0 Å². The molecule has 3 nitrogen and oxygen atoms in total. The predicted molar refractivity (Wildman–Crippen MR) is 85.2 cm³/mol. The molecule has 0 aliphatic heterocycles. The Hall–Kier alpha value is -1.22. The average molecular weight is 289 g/mol. The van der Waals surface area contributed by atoms with Crippen molar-refractivity contribution < 1.29 is 9.47 Å². The highest BCUT2D eigenvalue weighted by molar-refractivity contribution is 5.43. The Kier molecular flexibility index (Phi) is 5.02. The molecule has 0 bridgehead atoms. The molecule has 0 unspecified atom stereocenters. The zero-order chi connectivity index (χ0) is 14.5. The molecule has 2 aliphatic rings. The minimum atomic E-state index is 0.401. The third-order valence-electron chi connectivity index (χ3n) is 4.54. The highest BCUT2D eigenvalue weighted by atomic mass is 16.5. The SMILES string of the molecule is CCNCCc1ccc(OC2CCC2)c(OC2CCC2)c1. The summed E-state index contributed by atoms with van der Waals surface area (Å²) < 4.78 is 12.2. The molecule has 2 saturated carbocycles. The molecule has 1 aromatic rings. The molecule has 0 aromatic heterocycles. The van der Waals surface area contributed by atoms with E-state index in [0.29, 0.717) is 12.2 Å². The van der Waals surface area contributed by atoms with Gasteiger partial charge >= 0.3 is 0 Å². The monoisotopic (exact) mass is 289 g/mol. The van der Waals surface area contributed by atoms with Crippen molar-refractivity contribution in [3.05, 3.63) is 23.8 Å². The van der Waals surface area contributed by atoms with Crippen LogP contribution in [0.4, 0.5) is 0 Å². The highest BCUT2D eigenvalue weighted by Crippen LogP contribution is 2.36. The van der Waals surface area contributed by atoms with Crippen molar-refractivity contribution >= 4 is 0 Å². The molecule has 3 heteroatoms. The number of hydrogen-bond donors (Lipinski definition) is 1. The Labute approximate surface area is 128 Å². The maximum atomic E-state index is 6.15. The van der Waals surface area contributed by atoms with Gasteiger partial charge in [-0.1, -0.05) is 13.0 Å². The quantitative estimate of drug-likeness (QED) is 0.740. The second-order valence-electron chi connectivity index (χ2n) is 6.23. The van der Waals surface area contributed by atoms with Crippen molar-refractivity contribution in [2.75, 3.05) is 13.1 Å². The van der Waals surface area contributed by atoms with Gasteiger partial charge in [0.05, 0.1) is 12.2 Å². The normalized spacial score (nSPS) is 18.9. The van der Waals surface area contributed by atoms with Crippen LogP contribution in [0.3, 0.4) is 0 Å². The lowest BCUT2D eigenvalue weighted by atomic mass is 9.95. The number of benzene rings is 1. The second-order valence-corrected chi connectivity index (χ2v) is 6.23. The maximum Gasteiger partial charge on any atom is 0.161 e. The Morgan fingerprint density at radius 1 is 1.00 bits per heavy atom. The van der Waals surface area contributed by atoms with Crippen molar-refractivity contribution in [3.8, 4) is 11.5 Å². The first-order chi connectivity index (χ1) is 10.3. The van der Waals surface area contributed by atoms with Gasteiger partial charge in [0.2, 0.25) is 0 Å². The standard InChI is InChI=1S/C18H27NO2/c1-2-19-12-11-14-9-10-17(20-15-5-3-6-15)18(13-14)21-16-7-4-8-16/h9-10,13,15-16,19H,2-8,11-12H2,1H3. The summed E-state index contributed by atoms with van der Waals surface area (Å²) in [7, 11) is 0. The van der Waals surface area contributed by atoms with Gasteiger partial charge in [0.1, 0.15) is 0 Å². The molecule has 1 aromatic carbocycles. The van der Waals surface area contributed by atoms with E-state index in [-0.39, 0.29) is 0 Å². The number of rotatable bonds is 8. The van der Waals surface area contributed by atoms with Gasteiger partial charge in [-0.05, 0) is 75.7 Å². The maximum absolute atomic E-state index is 6.15. The van der Waals surface area contributed by atoms with Crippen molar-refractivity contribution in [2.45, 2.75) is 64.1 Å². The summed E-state index contributed by atoms with van der Waals surface area (Å²) in [5.41, 5.74) is 1.33. The van der Waals surface area contributed by atoms with E-state index in [1.807, 2.05) is 0 Å². The van der Waals surface area contributed by atoms with Crippen LogP contribution in [-0.2, 0) is 6.42 Å². The predicted octanol–water partition coefficient (Wildman–Crippen LogP) is 3.70. The van der Waals surface area contributed by atoms with Crippen LogP contribution < -0.4 is 14.8 Å². The van der Waals surface area contributed by atoms with Gasteiger partial charge in [0, 0.05) is 0 Å². The molecule has 1 N–H and O–H groups in total. The Balaban J connectivity index is 1.67. The van der Waals surface area contributed by atoms with E-state index < -0.39 is 0 Å². The first-order valence-electron chi connectivity index (χ1n) is 8.52. The van der Waals surface area contributed by atoms with Gasteiger partial charge in [-0.25, -0.2) is 0 Å². The largest absolute Gasteiger partial charge is 0.487 e. The summed E-state index contributed by atoms with van der Waals surface area (Å²) in [5, 5.41) is 3.37. The Morgan fingerprint density at radius 2 is 1.67 bits per heavy atom. The van der Waals surface area contributed by atoms with Crippen LogP contribution in [0.1, 0.15) is 51.0 Å². The summed E-state index contributed by atoms with van der Waals surface area (Å²) >= 11 is 0. The fourth-order valence-corrected chi connectivity index (χ4v) is 2.64. The third kappa shape index (κ3) is 3.91. The third-order valence-corrected chi connectivity index (χ3v) is 4.54. The summed E-state index contributed by atoms with van der Waals surface area (Å²) in [5.74, 6) is 1.90. The summed E-state index contributed by atoms with van der Waals surface area (Å²) in [6, 6.07) is 6.47. The molecule has 21 heavy (non-hydrogen) atoms. The Morgan fingerprint density at radius 3 is 2.24 bits per heavy atom. The van der Waals surface area contributed by atoms with E-state index in [1.165, 1.54) is 44.1 Å². The minimum Gasteiger partial charge on any atom is -0.487 e. The lowest BCUT2D eigenvalue weighted by molar-refractivity contribution is 0.0906. The molecule has 0 saturated heterocycles. The van der Waals surface area contributed by atoms with Crippen LogP contribution in [0.2, 0.25) is 0 Å². The van der Waals surface area contributed by atoms with Gasteiger partial charge in [-0.15, -0.1) is 0 Å². The summed E-state index contributed by atoms with van der Waals surface area (Å²) in [6.45, 7) is 4.18. The lowest BCUT2D eigenvalue weighted by Gasteiger charge is -2.30. The minimum absolute atomic E-state index is 0.401. The van der Waals surface area contributed by atoms with Gasteiger partial charge < -0.3 is 14.8 Å². The van der Waals surface area contributed by atoms with Crippen molar-refractivity contribution in [1.82, 2.24) is 5.32 Å². The average Bonchev–Trinajstić information content (AvgIpc) is 2.40. The van der Waals surface area contributed by atoms with Gasteiger partial charge in [0.25, 0.3) is 0 Å². The fraction of sp³-hybridized carbons (Fsp3) is 0.667. The molecule has 3 rings (SSSR count). The van der Waals surface area contributed by atoms with Crippen LogP contribution in [0, 0.1) is 0 Å². The number of nitrogens with one attached hydrogen (secondary N) is 1. The smallest absolute Gasteiger partial charge is 0.161 e. The topological polar surface area (TPSA) is 30.5 Å². The number of ether oxygens (including phenoxy) is 2. The van der Waals surface area contributed by atoms with Crippen LogP contribution in [0.5, 0.6) is 11.5 Å². The molecule has 116 valence electrons. The van der Waals surface area contributed by atoms with Crippen molar-refractivity contribution in [1.29, 1.82) is 0 Å². The van der Waals surface area contributed by atoms with E-state index in [2.05, 4.69) is 30.4 Å². The first kappa shape index (κ1) is 14.7. The molecular weight excluding hydrogens is 262 g/mol. The van der Waals surface area contributed by atoms with E-state index >= 15 is 0 Å². The zero-order valence-electron chi connectivity index (χ0n) is 13.1. The fourth-order valence-electron chi connectivity index (χ4n) is 2.64. The molecule has 2 aliphatic carbocycles. The highest BCUT2D eigenvalue weighted by Gasteiger charge is 2.24. The van der Waals surface area contributed by atoms with Crippen LogP contribution >= 0.6 is 0 Å². The van der Waals surface area contributed by atoms with E-state index in [9.17, 15) is 0 Å². The molecule has 2 fully saturated rings. The van der Waals surface area contributed by atoms with Crippen LogP contribution in [0.15, 0.2) is 18.2 Å². The molecule has 0 atom stereocenters. The molecule has 0 radical (unpaired) electrons. The van der Waals surface area contributed by atoms with Crippen LogP contribution in [0.25, 0.3) is 0 Å². The second kappa shape index (κ2) is 7.17. The van der Waals surface area contributed by atoms with Gasteiger partial charge in [-0.3, -0.25) is 0 Å². The Bertz CT molecular complexity index is 453. The molecule has 0 spiro atoms. The van der Waals surface area contributed by atoms with Crippen molar-refractivity contribution in [3.63, 3.8) is 0 Å². The van der Waals surface area contributed by atoms with E-state index in [0.717, 1.165) is 31.0 Å². The number of likely N-dealkylation sites (N-methyl/N-ethyl adjacent to an activating group) is 1. The van der Waals surface area contributed by atoms with E-state index in [1.54, 1.807) is 0 Å². The lowest BCUT2D eigenvalue weighted by Crippen LogP contribution is -2.27.